The molecule has 1 heterocycles. The van der Waals surface area contributed by atoms with Gasteiger partial charge in [-0.15, -0.1) is 0 Å². The average molecular weight is 288 g/mol. The number of imidazole rings is 1. The molecule has 21 heavy (non-hydrogen) atoms. The second-order valence-corrected chi connectivity index (χ2v) is 5.43. The SMILES string of the molecule is Cc1nc2c(n1Cc1cccc(C(=O)O)c1F)CCCC2. The lowest BCUT2D eigenvalue weighted by atomic mass is 10.0. The number of hydrogen-bond donors (Lipinski definition) is 1. The highest BCUT2D eigenvalue weighted by Gasteiger charge is 2.20. The van der Waals surface area contributed by atoms with Crippen molar-refractivity contribution >= 4 is 5.97 Å². The molecule has 1 aliphatic rings. The van der Waals surface area contributed by atoms with Gasteiger partial charge in [0.1, 0.15) is 11.6 Å². The number of hydrogen-bond acceptors (Lipinski definition) is 2. The van der Waals surface area contributed by atoms with Crippen molar-refractivity contribution in [2.45, 2.75) is 39.2 Å². The van der Waals surface area contributed by atoms with E-state index in [4.69, 9.17) is 5.11 Å². The van der Waals surface area contributed by atoms with Crippen LogP contribution in [-0.4, -0.2) is 20.6 Å². The van der Waals surface area contributed by atoms with E-state index in [9.17, 15) is 9.18 Å². The van der Waals surface area contributed by atoms with Crippen LogP contribution < -0.4 is 0 Å². The molecule has 0 unspecified atom stereocenters. The summed E-state index contributed by atoms with van der Waals surface area (Å²) in [5.41, 5.74) is 2.38. The molecule has 5 heteroatoms. The maximum absolute atomic E-state index is 14.3. The molecule has 0 aliphatic heterocycles. The Balaban J connectivity index is 2.00. The van der Waals surface area contributed by atoms with E-state index in [0.717, 1.165) is 37.2 Å². The van der Waals surface area contributed by atoms with E-state index >= 15 is 0 Å². The number of halogens is 1. The first-order chi connectivity index (χ1) is 10.1. The Hall–Kier alpha value is -2.17. The molecule has 2 aromatic rings. The van der Waals surface area contributed by atoms with Gasteiger partial charge in [-0.25, -0.2) is 14.2 Å². The average Bonchev–Trinajstić information content (AvgIpc) is 2.77. The molecular weight excluding hydrogens is 271 g/mol. The molecule has 0 saturated heterocycles. The van der Waals surface area contributed by atoms with Crippen LogP contribution in [0.1, 0.15) is 46.0 Å². The van der Waals surface area contributed by atoms with Crippen LogP contribution in [0.3, 0.4) is 0 Å². The van der Waals surface area contributed by atoms with Crippen LogP contribution in [-0.2, 0) is 19.4 Å². The number of aromatic nitrogens is 2. The van der Waals surface area contributed by atoms with Crippen LogP contribution >= 0.6 is 0 Å². The van der Waals surface area contributed by atoms with E-state index in [1.165, 1.54) is 11.8 Å². The molecule has 1 aromatic carbocycles. The van der Waals surface area contributed by atoms with E-state index in [1.54, 1.807) is 12.1 Å². The number of carbonyl (C=O) groups is 1. The summed E-state index contributed by atoms with van der Waals surface area (Å²) in [4.78, 5) is 15.6. The van der Waals surface area contributed by atoms with Gasteiger partial charge in [0.2, 0.25) is 0 Å². The molecule has 0 spiro atoms. The number of aryl methyl sites for hydroxylation is 2. The molecule has 4 nitrogen and oxygen atoms in total. The van der Waals surface area contributed by atoms with Crippen molar-refractivity contribution in [2.75, 3.05) is 0 Å². The predicted octanol–water partition coefficient (Wildman–Crippen LogP) is 2.96. The van der Waals surface area contributed by atoms with Crippen LogP contribution in [0.25, 0.3) is 0 Å². The van der Waals surface area contributed by atoms with Gasteiger partial charge in [-0.05, 0) is 38.7 Å². The Morgan fingerprint density at radius 3 is 2.90 bits per heavy atom. The summed E-state index contributed by atoms with van der Waals surface area (Å²) in [5, 5.41) is 9.00. The minimum atomic E-state index is -1.24. The van der Waals surface area contributed by atoms with Gasteiger partial charge in [-0.1, -0.05) is 12.1 Å². The van der Waals surface area contributed by atoms with Gasteiger partial charge < -0.3 is 9.67 Å². The Morgan fingerprint density at radius 1 is 1.38 bits per heavy atom. The molecule has 1 N–H and O–H groups in total. The van der Waals surface area contributed by atoms with E-state index < -0.39 is 11.8 Å². The van der Waals surface area contributed by atoms with Crippen molar-refractivity contribution < 1.29 is 14.3 Å². The monoisotopic (exact) mass is 288 g/mol. The third kappa shape index (κ3) is 2.44. The topological polar surface area (TPSA) is 55.1 Å². The highest BCUT2D eigenvalue weighted by molar-refractivity contribution is 5.88. The summed E-state index contributed by atoms with van der Waals surface area (Å²) in [6, 6.07) is 4.51. The van der Waals surface area contributed by atoms with E-state index in [2.05, 4.69) is 4.98 Å². The van der Waals surface area contributed by atoms with Crippen LogP contribution in [0.2, 0.25) is 0 Å². The minimum Gasteiger partial charge on any atom is -0.478 e. The highest BCUT2D eigenvalue weighted by Crippen LogP contribution is 2.24. The largest absolute Gasteiger partial charge is 0.478 e. The van der Waals surface area contributed by atoms with Gasteiger partial charge in [0, 0.05) is 11.3 Å². The third-order valence-corrected chi connectivity index (χ3v) is 4.06. The van der Waals surface area contributed by atoms with Crippen molar-refractivity contribution in [3.05, 3.63) is 52.4 Å². The first kappa shape index (κ1) is 13.8. The number of benzene rings is 1. The normalized spacial score (nSPS) is 14.0. The number of carboxylic acid groups (broad SMARTS) is 1. The van der Waals surface area contributed by atoms with Crippen LogP contribution in [0.5, 0.6) is 0 Å². The van der Waals surface area contributed by atoms with Crippen LogP contribution in [0.4, 0.5) is 4.39 Å². The fourth-order valence-electron chi connectivity index (χ4n) is 2.98. The number of fused-ring (bicyclic) bond motifs is 1. The lowest BCUT2D eigenvalue weighted by Gasteiger charge is -2.15. The molecule has 3 rings (SSSR count). The maximum Gasteiger partial charge on any atom is 0.338 e. The molecule has 0 radical (unpaired) electrons. The Kier molecular flexibility index (Phi) is 3.49. The zero-order valence-electron chi connectivity index (χ0n) is 11.9. The molecule has 110 valence electrons. The van der Waals surface area contributed by atoms with Crippen LogP contribution in [0.15, 0.2) is 18.2 Å². The lowest BCUT2D eigenvalue weighted by molar-refractivity contribution is 0.0691. The quantitative estimate of drug-likeness (QED) is 0.944. The van der Waals surface area contributed by atoms with E-state index in [0.29, 0.717) is 12.1 Å². The second kappa shape index (κ2) is 5.31. The summed E-state index contributed by atoms with van der Waals surface area (Å²) < 4.78 is 16.3. The maximum atomic E-state index is 14.3. The van der Waals surface area contributed by atoms with Gasteiger partial charge in [-0.3, -0.25) is 0 Å². The first-order valence-electron chi connectivity index (χ1n) is 7.13. The first-order valence-corrected chi connectivity index (χ1v) is 7.13. The minimum absolute atomic E-state index is 0.279. The summed E-state index contributed by atoms with van der Waals surface area (Å²) in [6.45, 7) is 2.25. The van der Waals surface area contributed by atoms with Crippen molar-refractivity contribution in [2.24, 2.45) is 0 Å². The third-order valence-electron chi connectivity index (χ3n) is 4.06. The number of nitrogens with zero attached hydrogens (tertiary/aromatic N) is 2. The molecular formula is C16H17FN2O2. The second-order valence-electron chi connectivity index (χ2n) is 5.43. The van der Waals surface area contributed by atoms with Crippen molar-refractivity contribution in [3.63, 3.8) is 0 Å². The van der Waals surface area contributed by atoms with Gasteiger partial charge in [0.25, 0.3) is 0 Å². The fraction of sp³-hybridized carbons (Fsp3) is 0.375. The van der Waals surface area contributed by atoms with Crippen LogP contribution in [0, 0.1) is 12.7 Å². The van der Waals surface area contributed by atoms with Crippen molar-refractivity contribution in [3.8, 4) is 0 Å². The molecule has 0 saturated carbocycles. The van der Waals surface area contributed by atoms with Gasteiger partial charge in [0.05, 0.1) is 17.8 Å². The number of aromatic carboxylic acids is 1. The van der Waals surface area contributed by atoms with E-state index in [1.807, 2.05) is 11.5 Å². The molecule has 0 fully saturated rings. The van der Waals surface area contributed by atoms with Gasteiger partial charge >= 0.3 is 5.97 Å². The van der Waals surface area contributed by atoms with Crippen molar-refractivity contribution in [1.82, 2.24) is 9.55 Å². The molecule has 0 atom stereocenters. The molecule has 0 amide bonds. The van der Waals surface area contributed by atoms with Gasteiger partial charge in [0.15, 0.2) is 0 Å². The molecule has 1 aromatic heterocycles. The summed E-state index contributed by atoms with van der Waals surface area (Å²) in [5.74, 6) is -1.02. The summed E-state index contributed by atoms with van der Waals surface area (Å²) in [6.07, 6.45) is 4.19. The standard InChI is InChI=1S/C16H17FN2O2/c1-10-18-13-7-2-3-8-14(13)19(10)9-11-5-4-6-12(15(11)17)16(20)21/h4-6H,2-3,7-9H2,1H3,(H,20,21). The zero-order chi connectivity index (χ0) is 15.0. The molecule has 0 bridgehead atoms. The summed E-state index contributed by atoms with van der Waals surface area (Å²) in [7, 11) is 0. The highest BCUT2D eigenvalue weighted by atomic mass is 19.1. The number of rotatable bonds is 3. The summed E-state index contributed by atoms with van der Waals surface area (Å²) >= 11 is 0. The zero-order valence-corrected chi connectivity index (χ0v) is 11.9. The lowest BCUT2D eigenvalue weighted by Crippen LogP contribution is -2.12. The van der Waals surface area contributed by atoms with E-state index in [-0.39, 0.29) is 5.56 Å². The smallest absolute Gasteiger partial charge is 0.338 e. The molecule has 1 aliphatic carbocycles. The van der Waals surface area contributed by atoms with Gasteiger partial charge in [-0.2, -0.15) is 0 Å². The number of carboxylic acids is 1. The van der Waals surface area contributed by atoms with Crippen molar-refractivity contribution in [1.29, 1.82) is 0 Å². The fourth-order valence-corrected chi connectivity index (χ4v) is 2.98. The predicted molar refractivity (Wildman–Crippen MR) is 76.1 cm³/mol. The Labute approximate surface area is 122 Å². The Bertz CT molecular complexity index is 707. The Morgan fingerprint density at radius 2 is 2.14 bits per heavy atom.